The van der Waals surface area contributed by atoms with Crippen molar-refractivity contribution in [1.29, 1.82) is 0 Å². The first-order valence-electron chi connectivity index (χ1n) is 10.9. The minimum Gasteiger partial charge on any atom is -0.508 e. The molecule has 3 aromatic rings. The molecule has 32 heavy (non-hydrogen) atoms. The van der Waals surface area contributed by atoms with Gasteiger partial charge >= 0.3 is 0 Å². The first kappa shape index (κ1) is 20.6. The number of nitrogens with zero attached hydrogens (tertiary/aromatic N) is 2. The molecule has 0 bridgehead atoms. The number of aromatic nitrogens is 2. The van der Waals surface area contributed by atoms with E-state index in [2.05, 4.69) is 9.97 Å². The molecule has 0 saturated heterocycles. The van der Waals surface area contributed by atoms with Crippen molar-refractivity contribution in [1.82, 2.24) is 9.97 Å². The number of para-hydroxylation sites is 2. The van der Waals surface area contributed by atoms with Gasteiger partial charge in [0, 0.05) is 0 Å². The summed E-state index contributed by atoms with van der Waals surface area (Å²) in [6.07, 6.45) is 3.71. The van der Waals surface area contributed by atoms with Crippen molar-refractivity contribution in [2.24, 2.45) is 0 Å². The number of ketones is 1. The van der Waals surface area contributed by atoms with E-state index < -0.39 is 11.2 Å². The monoisotopic (exact) mass is 430 g/mol. The Balaban J connectivity index is 1.60. The van der Waals surface area contributed by atoms with Crippen molar-refractivity contribution < 1.29 is 19.4 Å². The van der Waals surface area contributed by atoms with Crippen LogP contribution in [0, 0.1) is 0 Å². The Kier molecular flexibility index (Phi) is 4.60. The van der Waals surface area contributed by atoms with Crippen molar-refractivity contribution >= 4 is 22.4 Å². The molecule has 2 aliphatic rings. The second-order valence-electron chi connectivity index (χ2n) is 9.50. The summed E-state index contributed by atoms with van der Waals surface area (Å²) < 4.78 is 11.9. The number of Topliss-reactive ketones (excluding diaryl/α,β-unsaturated/α-hetero) is 1. The maximum Gasteiger partial charge on any atom is 0.238 e. The lowest BCUT2D eigenvalue weighted by Crippen LogP contribution is -2.49. The quantitative estimate of drug-likeness (QED) is 0.570. The summed E-state index contributed by atoms with van der Waals surface area (Å²) in [5, 5.41) is 11.0. The number of hydrogen-bond donors (Lipinski definition) is 1. The molecule has 1 aliphatic carbocycles. The van der Waals surface area contributed by atoms with Gasteiger partial charge in [-0.05, 0) is 81.8 Å². The molecule has 0 atom stereocenters. The summed E-state index contributed by atoms with van der Waals surface area (Å²) in [5.41, 5.74) is 1.56. The fraction of sp³-hybridized carbons (Fsp3) is 0.346. The van der Waals surface area contributed by atoms with E-state index >= 15 is 0 Å². The largest absolute Gasteiger partial charge is 0.508 e. The van der Waals surface area contributed by atoms with Crippen molar-refractivity contribution in [3.05, 3.63) is 65.5 Å². The van der Waals surface area contributed by atoms with Gasteiger partial charge in [-0.15, -0.1) is 0 Å². The molecule has 6 heteroatoms. The standard InChI is InChI=1S/C26H26N2O4/c1-25(2)23(29)22(24(30)26(3,4)32-25)18-13-16(11-12-17(18)15-9-10-15)31-21-14-27-19-7-5-6-8-20(19)28-21/h5-8,11-15,29H,9-10H2,1-4H3. The van der Waals surface area contributed by atoms with Crippen LogP contribution in [-0.4, -0.2) is 32.1 Å². The highest BCUT2D eigenvalue weighted by Gasteiger charge is 2.48. The van der Waals surface area contributed by atoms with Crippen LogP contribution in [0.25, 0.3) is 16.6 Å². The minimum atomic E-state index is -1.05. The van der Waals surface area contributed by atoms with E-state index in [1.54, 1.807) is 33.9 Å². The minimum absolute atomic E-state index is 0.0497. The molecule has 164 valence electrons. The second kappa shape index (κ2) is 7.14. The molecular weight excluding hydrogens is 404 g/mol. The molecule has 1 fully saturated rings. The van der Waals surface area contributed by atoms with E-state index in [-0.39, 0.29) is 11.5 Å². The molecule has 1 N–H and O–H groups in total. The van der Waals surface area contributed by atoms with E-state index in [0.29, 0.717) is 28.7 Å². The van der Waals surface area contributed by atoms with Crippen LogP contribution >= 0.6 is 0 Å². The third-order valence-electron chi connectivity index (χ3n) is 6.05. The second-order valence-corrected chi connectivity index (χ2v) is 9.50. The number of carbonyl (C=O) groups excluding carboxylic acids is 1. The van der Waals surface area contributed by atoms with Gasteiger partial charge < -0.3 is 14.6 Å². The van der Waals surface area contributed by atoms with Crippen molar-refractivity contribution in [2.45, 2.75) is 57.7 Å². The Morgan fingerprint density at radius 1 is 1.03 bits per heavy atom. The lowest BCUT2D eigenvalue weighted by molar-refractivity contribution is -0.158. The molecule has 2 heterocycles. The highest BCUT2D eigenvalue weighted by atomic mass is 16.5. The van der Waals surface area contributed by atoms with Gasteiger partial charge in [0.1, 0.15) is 22.7 Å². The average molecular weight is 431 g/mol. The number of fused-ring (bicyclic) bond motifs is 1. The van der Waals surface area contributed by atoms with Crippen LogP contribution in [0.1, 0.15) is 57.6 Å². The Hall–Kier alpha value is -3.25. The number of aliphatic hydroxyl groups excluding tert-OH is 1. The summed E-state index contributed by atoms with van der Waals surface area (Å²) in [6, 6.07) is 13.3. The average Bonchev–Trinajstić information content (AvgIpc) is 3.58. The van der Waals surface area contributed by atoms with Crippen molar-refractivity contribution in [3.8, 4) is 11.6 Å². The number of carbonyl (C=O) groups is 1. The molecule has 0 unspecified atom stereocenters. The first-order chi connectivity index (χ1) is 15.2. The third kappa shape index (κ3) is 3.54. The van der Waals surface area contributed by atoms with Crippen LogP contribution in [-0.2, 0) is 9.53 Å². The van der Waals surface area contributed by atoms with Crippen LogP contribution < -0.4 is 4.74 Å². The molecule has 1 aliphatic heterocycles. The predicted molar refractivity (Wildman–Crippen MR) is 122 cm³/mol. The summed E-state index contributed by atoms with van der Waals surface area (Å²) in [6.45, 7) is 7.04. The number of rotatable bonds is 4. The molecule has 0 spiro atoms. The fourth-order valence-corrected chi connectivity index (χ4v) is 4.37. The van der Waals surface area contributed by atoms with Gasteiger partial charge in [0.2, 0.25) is 5.88 Å². The molecule has 1 saturated carbocycles. The normalized spacial score (nSPS) is 19.9. The van der Waals surface area contributed by atoms with Crippen LogP contribution in [0.3, 0.4) is 0 Å². The number of ether oxygens (including phenoxy) is 2. The van der Waals surface area contributed by atoms with E-state index in [1.165, 1.54) is 0 Å². The number of hydrogen-bond acceptors (Lipinski definition) is 6. The molecule has 2 aromatic carbocycles. The Bertz CT molecular complexity index is 1270. The zero-order chi connectivity index (χ0) is 22.7. The first-order valence-corrected chi connectivity index (χ1v) is 10.9. The summed E-state index contributed by atoms with van der Waals surface area (Å²) in [4.78, 5) is 22.3. The Morgan fingerprint density at radius 2 is 1.75 bits per heavy atom. The fourth-order valence-electron chi connectivity index (χ4n) is 4.37. The van der Waals surface area contributed by atoms with E-state index in [9.17, 15) is 9.90 Å². The van der Waals surface area contributed by atoms with Crippen molar-refractivity contribution in [2.75, 3.05) is 0 Å². The van der Waals surface area contributed by atoms with Crippen LogP contribution in [0.15, 0.2) is 54.4 Å². The highest BCUT2D eigenvalue weighted by Crippen LogP contribution is 2.48. The van der Waals surface area contributed by atoms with Crippen LogP contribution in [0.2, 0.25) is 0 Å². The lowest BCUT2D eigenvalue weighted by atomic mass is 9.81. The van der Waals surface area contributed by atoms with E-state index in [0.717, 1.165) is 29.4 Å². The topological polar surface area (TPSA) is 81.5 Å². The van der Waals surface area contributed by atoms with Crippen molar-refractivity contribution in [3.63, 3.8) is 0 Å². The summed E-state index contributed by atoms with van der Waals surface area (Å²) >= 11 is 0. The molecule has 0 radical (unpaired) electrons. The van der Waals surface area contributed by atoms with Gasteiger partial charge in [-0.25, -0.2) is 9.97 Å². The maximum absolute atomic E-state index is 13.4. The van der Waals surface area contributed by atoms with Gasteiger partial charge in [-0.2, -0.15) is 0 Å². The molecule has 0 amide bonds. The zero-order valence-corrected chi connectivity index (χ0v) is 18.7. The summed E-state index contributed by atoms with van der Waals surface area (Å²) in [5.74, 6) is 0.988. The van der Waals surface area contributed by atoms with Crippen LogP contribution in [0.5, 0.6) is 11.6 Å². The molecule has 5 rings (SSSR count). The van der Waals surface area contributed by atoms with Crippen LogP contribution in [0.4, 0.5) is 0 Å². The Morgan fingerprint density at radius 3 is 2.47 bits per heavy atom. The molecule has 6 nitrogen and oxygen atoms in total. The van der Waals surface area contributed by atoms with Gasteiger partial charge in [0.25, 0.3) is 0 Å². The van der Waals surface area contributed by atoms with Gasteiger partial charge in [-0.1, -0.05) is 18.2 Å². The number of benzene rings is 2. The Labute approximate surface area is 186 Å². The van der Waals surface area contributed by atoms with Gasteiger partial charge in [0.05, 0.1) is 22.8 Å². The smallest absolute Gasteiger partial charge is 0.238 e. The predicted octanol–water partition coefficient (Wildman–Crippen LogP) is 5.73. The zero-order valence-electron chi connectivity index (χ0n) is 18.7. The number of aliphatic hydroxyl groups is 1. The molecule has 1 aromatic heterocycles. The lowest BCUT2D eigenvalue weighted by Gasteiger charge is -2.40. The van der Waals surface area contributed by atoms with Gasteiger partial charge in [-0.3, -0.25) is 4.79 Å². The third-order valence-corrected chi connectivity index (χ3v) is 6.05. The summed E-state index contributed by atoms with van der Waals surface area (Å²) in [7, 11) is 0. The van der Waals surface area contributed by atoms with E-state index in [4.69, 9.17) is 9.47 Å². The SMILES string of the molecule is CC1(C)OC(C)(C)C(O)=C(c2cc(Oc3cnc4ccccc4n3)ccc2C2CC2)C1=O. The molecular formula is C26H26N2O4. The van der Waals surface area contributed by atoms with Gasteiger partial charge in [0.15, 0.2) is 5.78 Å². The maximum atomic E-state index is 13.4. The van der Waals surface area contributed by atoms with E-state index in [1.807, 2.05) is 42.5 Å². The highest BCUT2D eigenvalue weighted by molar-refractivity contribution is 6.26.